The fraction of sp³-hybridized carbons (Fsp3) is 0.633. The lowest BCUT2D eigenvalue weighted by molar-refractivity contribution is -0.142. The van der Waals surface area contributed by atoms with Crippen molar-refractivity contribution < 1.29 is 23.1 Å². The monoisotopic (exact) mass is 571 g/mol. The molecule has 1 unspecified atom stereocenters. The Morgan fingerprint density at radius 3 is 2.10 bits per heavy atom. The van der Waals surface area contributed by atoms with Gasteiger partial charge in [0.25, 0.3) is 11.8 Å². The Labute approximate surface area is 239 Å². The number of halogens is 3. The third-order valence-electron chi connectivity index (χ3n) is 6.08. The summed E-state index contributed by atoms with van der Waals surface area (Å²) in [5.41, 5.74) is 2.00. The van der Waals surface area contributed by atoms with Crippen LogP contribution in [0.3, 0.4) is 0 Å². The summed E-state index contributed by atoms with van der Waals surface area (Å²) in [6, 6.07) is 4.38. The van der Waals surface area contributed by atoms with Gasteiger partial charge in [-0.05, 0) is 57.0 Å². The quantitative estimate of drug-likeness (QED) is 0.262. The lowest BCUT2D eigenvalue weighted by Gasteiger charge is -2.39. The van der Waals surface area contributed by atoms with Crippen molar-refractivity contribution >= 4 is 29.2 Å². The van der Waals surface area contributed by atoms with Crippen LogP contribution in [-0.4, -0.2) is 54.7 Å². The Hall–Kier alpha value is -2.32. The second kappa shape index (κ2) is 18.9. The second-order valence-corrected chi connectivity index (χ2v) is 10.3. The molecular weight excluding hydrogens is 524 g/mol. The summed E-state index contributed by atoms with van der Waals surface area (Å²) in [4.78, 5) is 29.2. The number of carbonyl (C=O) groups excluding carboxylic acids is 2. The Bertz CT molecular complexity index is 949. The lowest BCUT2D eigenvalue weighted by Crippen LogP contribution is -2.58. The molecule has 39 heavy (non-hydrogen) atoms. The molecule has 1 aromatic carbocycles. The molecule has 1 aromatic rings. The van der Waals surface area contributed by atoms with Gasteiger partial charge in [-0.25, -0.2) is 8.78 Å². The third-order valence-corrected chi connectivity index (χ3v) is 6.30. The SMILES string of the molecule is CC(=O)OCc1cc(Cl)cc(C(C)(F)F)c1.CC/C(C)=C/C(=NC)C(=O)N1C(C)CNC[C@H]1C.CCCCC. The van der Waals surface area contributed by atoms with E-state index >= 15 is 0 Å². The van der Waals surface area contributed by atoms with Crippen LogP contribution in [0.15, 0.2) is 34.8 Å². The minimum Gasteiger partial charge on any atom is -0.461 e. The minimum absolute atomic E-state index is 0.0480. The number of hydrogen-bond acceptors (Lipinski definition) is 5. The molecule has 0 aliphatic carbocycles. The van der Waals surface area contributed by atoms with Crippen LogP contribution in [0.5, 0.6) is 0 Å². The second-order valence-electron chi connectivity index (χ2n) is 9.89. The van der Waals surface area contributed by atoms with Crippen molar-refractivity contribution in [2.75, 3.05) is 20.1 Å². The Morgan fingerprint density at radius 2 is 1.69 bits per heavy atom. The number of esters is 1. The van der Waals surface area contributed by atoms with Crippen molar-refractivity contribution in [1.82, 2.24) is 10.2 Å². The molecule has 6 nitrogen and oxygen atoms in total. The fourth-order valence-corrected chi connectivity index (χ4v) is 4.01. The van der Waals surface area contributed by atoms with Gasteiger partial charge in [0.2, 0.25) is 0 Å². The van der Waals surface area contributed by atoms with Gasteiger partial charge in [0, 0.05) is 56.7 Å². The predicted octanol–water partition coefficient (Wildman–Crippen LogP) is 7.33. The van der Waals surface area contributed by atoms with Crippen LogP contribution < -0.4 is 5.32 Å². The molecule has 0 saturated carbocycles. The smallest absolute Gasteiger partial charge is 0.302 e. The maximum atomic E-state index is 13.0. The van der Waals surface area contributed by atoms with Gasteiger partial charge in [-0.1, -0.05) is 57.2 Å². The zero-order valence-corrected chi connectivity index (χ0v) is 25.9. The highest BCUT2D eigenvalue weighted by molar-refractivity contribution is 6.43. The van der Waals surface area contributed by atoms with Gasteiger partial charge in [-0.3, -0.25) is 14.6 Å². The maximum Gasteiger partial charge on any atom is 0.302 e. The topological polar surface area (TPSA) is 71.0 Å². The third kappa shape index (κ3) is 14.6. The van der Waals surface area contributed by atoms with Crippen LogP contribution in [0.25, 0.3) is 0 Å². The number of nitrogens with zero attached hydrogens (tertiary/aromatic N) is 2. The summed E-state index contributed by atoms with van der Waals surface area (Å²) in [5.74, 6) is -3.38. The summed E-state index contributed by atoms with van der Waals surface area (Å²) in [5, 5.41) is 3.52. The normalized spacial score (nSPS) is 17.9. The van der Waals surface area contributed by atoms with Crippen LogP contribution >= 0.6 is 11.6 Å². The van der Waals surface area contributed by atoms with Crippen LogP contribution in [-0.2, 0) is 26.9 Å². The van der Waals surface area contributed by atoms with E-state index in [0.29, 0.717) is 11.3 Å². The van der Waals surface area contributed by atoms with Crippen molar-refractivity contribution in [3.05, 3.63) is 46.0 Å². The fourth-order valence-electron chi connectivity index (χ4n) is 3.75. The highest BCUT2D eigenvalue weighted by Gasteiger charge is 2.30. The first kappa shape index (κ1) is 36.7. The van der Waals surface area contributed by atoms with Crippen LogP contribution in [0.2, 0.25) is 5.02 Å². The Morgan fingerprint density at radius 1 is 1.13 bits per heavy atom. The van der Waals surface area contributed by atoms with Gasteiger partial charge in [0.05, 0.1) is 0 Å². The summed E-state index contributed by atoms with van der Waals surface area (Å²) < 4.78 is 30.8. The van der Waals surface area contributed by atoms with E-state index in [-0.39, 0.29) is 35.2 Å². The number of piperazine rings is 1. The highest BCUT2D eigenvalue weighted by Crippen LogP contribution is 2.30. The minimum atomic E-state index is -2.96. The van der Waals surface area contributed by atoms with Gasteiger partial charge >= 0.3 is 5.97 Å². The predicted molar refractivity (Wildman–Crippen MR) is 158 cm³/mol. The number of amides is 1. The molecule has 1 amide bonds. The molecule has 1 aliphatic rings. The van der Waals surface area contributed by atoms with Gasteiger partial charge in [-0.15, -0.1) is 0 Å². The van der Waals surface area contributed by atoms with Crippen LogP contribution in [0.1, 0.15) is 92.2 Å². The van der Waals surface area contributed by atoms with Crippen molar-refractivity contribution in [1.29, 1.82) is 0 Å². The first-order valence-corrected chi connectivity index (χ1v) is 14.1. The molecule has 2 rings (SSSR count). The van der Waals surface area contributed by atoms with Crippen LogP contribution in [0.4, 0.5) is 8.78 Å². The Kier molecular flexibility index (Phi) is 17.8. The molecule has 1 N–H and O–H groups in total. The molecule has 9 heteroatoms. The summed E-state index contributed by atoms with van der Waals surface area (Å²) >= 11 is 5.70. The zero-order valence-electron chi connectivity index (χ0n) is 25.2. The molecule has 222 valence electrons. The van der Waals surface area contributed by atoms with Gasteiger partial charge < -0.3 is 15.0 Å². The average molecular weight is 572 g/mol. The van der Waals surface area contributed by atoms with E-state index < -0.39 is 11.9 Å². The first-order chi connectivity index (χ1) is 18.2. The van der Waals surface area contributed by atoms with E-state index in [1.165, 1.54) is 50.0 Å². The lowest BCUT2D eigenvalue weighted by atomic mass is 10.1. The highest BCUT2D eigenvalue weighted by atomic mass is 35.5. The molecule has 1 saturated heterocycles. The molecule has 1 heterocycles. The number of rotatable bonds is 8. The largest absolute Gasteiger partial charge is 0.461 e. The molecule has 0 bridgehead atoms. The number of hydrogen-bond donors (Lipinski definition) is 1. The molecule has 2 atom stereocenters. The Balaban J connectivity index is 0.000000635. The number of alkyl halides is 2. The molecule has 0 radical (unpaired) electrons. The summed E-state index contributed by atoms with van der Waals surface area (Å²) in [7, 11) is 1.68. The molecule has 1 fully saturated rings. The maximum absolute atomic E-state index is 13.0. The van der Waals surface area contributed by atoms with E-state index in [2.05, 4.69) is 44.9 Å². The zero-order chi connectivity index (χ0) is 30.2. The van der Waals surface area contributed by atoms with Gasteiger partial charge in [0.1, 0.15) is 12.3 Å². The van der Waals surface area contributed by atoms with E-state index in [9.17, 15) is 18.4 Å². The number of benzene rings is 1. The number of nitrogens with one attached hydrogen (secondary N) is 1. The summed E-state index contributed by atoms with van der Waals surface area (Å²) in [6.07, 6.45) is 6.93. The number of ether oxygens (including phenoxy) is 1. The van der Waals surface area contributed by atoms with Crippen molar-refractivity contribution in [3.63, 3.8) is 0 Å². The van der Waals surface area contributed by atoms with Crippen molar-refractivity contribution in [2.45, 2.75) is 106 Å². The van der Waals surface area contributed by atoms with Crippen LogP contribution in [0, 0.1) is 0 Å². The van der Waals surface area contributed by atoms with Crippen molar-refractivity contribution in [3.8, 4) is 0 Å². The molecule has 0 spiro atoms. The molecule has 0 aromatic heterocycles. The van der Waals surface area contributed by atoms with Gasteiger partial charge in [0.15, 0.2) is 0 Å². The standard InChI is InChI=1S/C14H25N3O.C11H11ClF2O2.C5H12/c1-6-10(2)7-13(15-5)14(18)17-11(3)8-16-9-12(17)4;1-7(15)16-6-8-3-9(11(2,13)14)5-10(12)4-8;1-3-5-4-2/h7,11-12,16H,6,8-9H2,1-5H3;3-5H,6H2,1-2H3;3-5H2,1-2H3/b10-7+,15-13?;;/t11-,12?;;/m1../s1. The van der Waals surface area contributed by atoms with E-state index in [4.69, 9.17) is 16.3 Å². The van der Waals surface area contributed by atoms with Crippen molar-refractivity contribution in [2.24, 2.45) is 4.99 Å². The number of carbonyl (C=O) groups is 2. The molecular formula is C30H48ClF2N3O3. The summed E-state index contributed by atoms with van der Waals surface area (Å²) in [6.45, 7) is 16.4. The number of aliphatic imine (C=N–C) groups is 1. The van der Waals surface area contributed by atoms with E-state index in [1.54, 1.807) is 7.05 Å². The average Bonchev–Trinajstić information content (AvgIpc) is 2.86. The van der Waals surface area contributed by atoms with Gasteiger partial charge in [-0.2, -0.15) is 0 Å². The number of allylic oxidation sites excluding steroid dienone is 1. The first-order valence-electron chi connectivity index (χ1n) is 13.7. The molecule has 1 aliphatic heterocycles. The number of unbranched alkanes of at least 4 members (excludes halogenated alkanes) is 2. The van der Waals surface area contributed by atoms with E-state index in [1.807, 2.05) is 17.9 Å². The van der Waals surface area contributed by atoms with E-state index in [0.717, 1.165) is 26.4 Å².